The largest absolute Gasteiger partial charge is 0.355 e. The van der Waals surface area contributed by atoms with Crippen molar-refractivity contribution in [1.29, 1.82) is 0 Å². The van der Waals surface area contributed by atoms with E-state index in [0.717, 1.165) is 0 Å². The molecule has 0 saturated carbocycles. The quantitative estimate of drug-likeness (QED) is 0.578. The maximum Gasteiger partial charge on any atom is 0.274 e. The topological polar surface area (TPSA) is 87.2 Å². The van der Waals surface area contributed by atoms with Gasteiger partial charge in [0, 0.05) is 29.8 Å². The number of hydrogen-bond donors (Lipinski definition) is 2. The molecule has 0 saturated heterocycles. The highest BCUT2D eigenvalue weighted by Crippen LogP contribution is 2.27. The van der Waals surface area contributed by atoms with Gasteiger partial charge < -0.3 is 10.2 Å². The van der Waals surface area contributed by atoms with E-state index in [1.54, 1.807) is 49.2 Å². The van der Waals surface area contributed by atoms with Crippen LogP contribution >= 0.6 is 15.9 Å². The fourth-order valence-electron chi connectivity index (χ4n) is 3.99. The molecule has 2 N–H and O–H groups in total. The zero-order chi connectivity index (χ0) is 23.2. The molecule has 2 amide bonds. The standard InChI is InChI=1S/C23H22BrFN4O3/c1-12-10-17-19(11-28(12)22(31)16-8-9-18(24)20(25)13(16)2)27-29(23(17)32)15-6-4-14(5-7-15)21(30)26-3/h4-9,12,27H,10-11H2,1-3H3,(H,26,30)/t12-/m1/s1. The highest BCUT2D eigenvalue weighted by molar-refractivity contribution is 9.10. The fourth-order valence-corrected chi connectivity index (χ4v) is 4.42. The van der Waals surface area contributed by atoms with Crippen LogP contribution < -0.4 is 10.9 Å². The zero-order valence-electron chi connectivity index (χ0n) is 17.8. The maximum atomic E-state index is 14.3. The minimum atomic E-state index is -0.457. The molecule has 1 aliphatic rings. The molecule has 32 heavy (non-hydrogen) atoms. The molecule has 0 fully saturated rings. The number of aromatic amines is 1. The first-order valence-electron chi connectivity index (χ1n) is 10.1. The van der Waals surface area contributed by atoms with E-state index in [-0.39, 0.29) is 35.5 Å². The Bertz CT molecular complexity index is 1280. The Balaban J connectivity index is 1.65. The first-order valence-corrected chi connectivity index (χ1v) is 10.9. The summed E-state index contributed by atoms with van der Waals surface area (Å²) in [7, 11) is 1.55. The summed E-state index contributed by atoms with van der Waals surface area (Å²) in [6.07, 6.45) is 0.387. The summed E-state index contributed by atoms with van der Waals surface area (Å²) in [6, 6.07) is 9.56. The Morgan fingerprint density at radius 2 is 1.88 bits per heavy atom. The monoisotopic (exact) mass is 500 g/mol. The summed E-state index contributed by atoms with van der Waals surface area (Å²) < 4.78 is 16.0. The van der Waals surface area contributed by atoms with E-state index in [2.05, 4.69) is 26.3 Å². The predicted molar refractivity (Wildman–Crippen MR) is 122 cm³/mol. The van der Waals surface area contributed by atoms with Gasteiger partial charge in [0.25, 0.3) is 17.4 Å². The van der Waals surface area contributed by atoms with Gasteiger partial charge in [-0.1, -0.05) is 0 Å². The van der Waals surface area contributed by atoms with Gasteiger partial charge in [-0.05, 0) is 78.2 Å². The molecule has 2 aromatic carbocycles. The van der Waals surface area contributed by atoms with Crippen molar-refractivity contribution in [2.45, 2.75) is 32.9 Å². The Hall–Kier alpha value is -3.20. The van der Waals surface area contributed by atoms with Crippen LogP contribution in [0, 0.1) is 12.7 Å². The first-order chi connectivity index (χ1) is 15.2. The number of carbonyl (C=O) groups is 2. The molecule has 1 aliphatic heterocycles. The van der Waals surface area contributed by atoms with Crippen molar-refractivity contribution in [1.82, 2.24) is 20.0 Å². The SMILES string of the molecule is CNC(=O)c1ccc(-n2[nH]c3c(c2=O)C[C@@H](C)N(C(=O)c2ccc(Br)c(F)c2C)C3)cc1. The van der Waals surface area contributed by atoms with Crippen molar-refractivity contribution in [2.75, 3.05) is 7.05 Å². The molecule has 1 atom stereocenters. The number of aromatic nitrogens is 2. The lowest BCUT2D eigenvalue weighted by molar-refractivity contribution is 0.0653. The number of fused-ring (bicyclic) bond motifs is 1. The number of hydrogen-bond acceptors (Lipinski definition) is 3. The van der Waals surface area contributed by atoms with Gasteiger partial charge in [0.1, 0.15) is 5.82 Å². The van der Waals surface area contributed by atoms with Crippen molar-refractivity contribution in [3.8, 4) is 5.69 Å². The number of benzene rings is 2. The van der Waals surface area contributed by atoms with E-state index in [1.807, 2.05) is 6.92 Å². The van der Waals surface area contributed by atoms with Crippen LogP contribution in [0.2, 0.25) is 0 Å². The van der Waals surface area contributed by atoms with Crippen molar-refractivity contribution in [2.24, 2.45) is 0 Å². The second kappa shape index (κ2) is 8.38. The highest BCUT2D eigenvalue weighted by atomic mass is 79.9. The Labute approximate surface area is 192 Å². The van der Waals surface area contributed by atoms with Crippen LogP contribution in [0.4, 0.5) is 4.39 Å². The number of H-pyrrole nitrogens is 1. The Kier molecular flexibility index (Phi) is 5.77. The number of halogens is 2. The van der Waals surface area contributed by atoms with Crippen molar-refractivity contribution in [3.05, 3.63) is 85.0 Å². The smallest absolute Gasteiger partial charge is 0.274 e. The second-order valence-corrected chi connectivity index (χ2v) is 8.71. The molecule has 3 aromatic rings. The minimum absolute atomic E-state index is 0.183. The minimum Gasteiger partial charge on any atom is -0.355 e. The third-order valence-electron chi connectivity index (χ3n) is 5.88. The lowest BCUT2D eigenvalue weighted by Gasteiger charge is -2.33. The predicted octanol–water partition coefficient (Wildman–Crippen LogP) is 3.32. The normalized spacial score (nSPS) is 15.4. The third kappa shape index (κ3) is 3.66. The number of amides is 2. The molecule has 4 rings (SSSR count). The van der Waals surface area contributed by atoms with Crippen LogP contribution in [0.15, 0.2) is 45.7 Å². The van der Waals surface area contributed by atoms with Crippen LogP contribution in [0.1, 0.15) is 44.5 Å². The van der Waals surface area contributed by atoms with Gasteiger partial charge in [-0.2, -0.15) is 0 Å². The molecule has 9 heteroatoms. The molecule has 0 unspecified atom stereocenters. The third-order valence-corrected chi connectivity index (χ3v) is 6.49. The number of nitrogens with zero attached hydrogens (tertiary/aromatic N) is 2. The molecule has 0 spiro atoms. The van der Waals surface area contributed by atoms with Crippen molar-refractivity contribution >= 4 is 27.7 Å². The molecule has 7 nitrogen and oxygen atoms in total. The van der Waals surface area contributed by atoms with Gasteiger partial charge in [0.2, 0.25) is 0 Å². The van der Waals surface area contributed by atoms with Crippen LogP contribution in [0.5, 0.6) is 0 Å². The van der Waals surface area contributed by atoms with Crippen LogP contribution in [0.3, 0.4) is 0 Å². The summed E-state index contributed by atoms with van der Waals surface area (Å²) in [4.78, 5) is 39.6. The van der Waals surface area contributed by atoms with E-state index >= 15 is 0 Å². The molecule has 2 heterocycles. The summed E-state index contributed by atoms with van der Waals surface area (Å²) in [6.45, 7) is 3.67. The number of carbonyl (C=O) groups excluding carboxylic acids is 2. The highest BCUT2D eigenvalue weighted by Gasteiger charge is 2.32. The average molecular weight is 501 g/mol. The van der Waals surface area contributed by atoms with E-state index in [9.17, 15) is 18.8 Å². The molecule has 0 radical (unpaired) electrons. The molecule has 1 aromatic heterocycles. The molecule has 0 bridgehead atoms. The van der Waals surface area contributed by atoms with Gasteiger partial charge in [-0.25, -0.2) is 9.07 Å². The summed E-state index contributed by atoms with van der Waals surface area (Å²) >= 11 is 3.14. The van der Waals surface area contributed by atoms with E-state index in [0.29, 0.717) is 39.0 Å². The van der Waals surface area contributed by atoms with Gasteiger partial charge in [-0.3, -0.25) is 19.5 Å². The molecule has 0 aliphatic carbocycles. The lowest BCUT2D eigenvalue weighted by atomic mass is 9.98. The van der Waals surface area contributed by atoms with Crippen molar-refractivity contribution in [3.63, 3.8) is 0 Å². The molecule has 166 valence electrons. The molecular weight excluding hydrogens is 479 g/mol. The summed E-state index contributed by atoms with van der Waals surface area (Å²) in [5.41, 5.74) is 2.74. The van der Waals surface area contributed by atoms with Crippen LogP contribution in [0.25, 0.3) is 5.69 Å². The van der Waals surface area contributed by atoms with Crippen LogP contribution in [-0.4, -0.2) is 39.6 Å². The maximum absolute atomic E-state index is 14.3. The number of nitrogens with one attached hydrogen (secondary N) is 2. The lowest BCUT2D eigenvalue weighted by Crippen LogP contribution is -2.43. The van der Waals surface area contributed by atoms with Crippen molar-refractivity contribution < 1.29 is 14.0 Å². The average Bonchev–Trinajstić information content (AvgIpc) is 3.11. The second-order valence-electron chi connectivity index (χ2n) is 7.86. The fraction of sp³-hybridized carbons (Fsp3) is 0.261. The van der Waals surface area contributed by atoms with E-state index in [4.69, 9.17) is 0 Å². The number of rotatable bonds is 3. The van der Waals surface area contributed by atoms with Gasteiger partial charge in [0.05, 0.1) is 22.4 Å². The Morgan fingerprint density at radius 1 is 1.19 bits per heavy atom. The molecular formula is C23H22BrFN4O3. The van der Waals surface area contributed by atoms with Gasteiger partial charge in [0.15, 0.2) is 0 Å². The van der Waals surface area contributed by atoms with E-state index in [1.165, 1.54) is 10.7 Å². The zero-order valence-corrected chi connectivity index (χ0v) is 19.4. The summed E-state index contributed by atoms with van der Waals surface area (Å²) in [5.74, 6) is -0.950. The Morgan fingerprint density at radius 3 is 2.53 bits per heavy atom. The first kappa shape index (κ1) is 22.0. The van der Waals surface area contributed by atoms with E-state index < -0.39 is 5.82 Å². The summed E-state index contributed by atoms with van der Waals surface area (Å²) in [5, 5.41) is 5.66. The van der Waals surface area contributed by atoms with Crippen LogP contribution in [-0.2, 0) is 13.0 Å². The van der Waals surface area contributed by atoms with Gasteiger partial charge in [-0.15, -0.1) is 0 Å². The van der Waals surface area contributed by atoms with Gasteiger partial charge >= 0.3 is 0 Å².